The molecule has 0 heterocycles. The fourth-order valence-corrected chi connectivity index (χ4v) is 3.42. The lowest BCUT2D eigenvalue weighted by molar-refractivity contribution is -0.128. The molecular weight excluding hydrogens is 314 g/mol. The summed E-state index contributed by atoms with van der Waals surface area (Å²) in [6.45, 7) is 3.93. The van der Waals surface area contributed by atoms with Gasteiger partial charge in [-0.2, -0.15) is 0 Å². The number of aliphatic hydroxyl groups is 1. The van der Waals surface area contributed by atoms with E-state index in [4.69, 9.17) is 4.74 Å². The van der Waals surface area contributed by atoms with Crippen LogP contribution in [0, 0.1) is 0 Å². The van der Waals surface area contributed by atoms with Gasteiger partial charge >= 0.3 is 0 Å². The van der Waals surface area contributed by atoms with Crippen molar-refractivity contribution in [2.75, 3.05) is 0 Å². The van der Waals surface area contributed by atoms with E-state index in [9.17, 15) is 9.90 Å². The van der Waals surface area contributed by atoms with Crippen LogP contribution in [0.2, 0.25) is 0 Å². The molecule has 2 N–H and O–H groups in total. The second-order valence-electron chi connectivity index (χ2n) is 6.73. The van der Waals surface area contributed by atoms with Crippen LogP contribution in [0.25, 0.3) is 0 Å². The first-order valence-electron chi connectivity index (χ1n) is 8.84. The summed E-state index contributed by atoms with van der Waals surface area (Å²) in [5, 5.41) is 12.3. The number of nitrogens with one attached hydrogen (secondary N) is 1. The van der Waals surface area contributed by atoms with Crippen LogP contribution in [-0.4, -0.2) is 17.1 Å². The molecule has 0 fully saturated rings. The summed E-state index contributed by atoms with van der Waals surface area (Å²) in [5.74, 6) is 0.995. The predicted octanol–water partition coefficient (Wildman–Crippen LogP) is 3.70. The van der Waals surface area contributed by atoms with Crippen molar-refractivity contribution in [3.8, 4) is 5.75 Å². The molecule has 0 radical (unpaired) electrons. The van der Waals surface area contributed by atoms with Crippen molar-refractivity contribution < 1.29 is 14.6 Å². The van der Waals surface area contributed by atoms with Gasteiger partial charge in [0.1, 0.15) is 5.75 Å². The van der Waals surface area contributed by atoms with Gasteiger partial charge in [-0.1, -0.05) is 43.3 Å². The van der Waals surface area contributed by atoms with E-state index in [0.717, 1.165) is 18.4 Å². The fourth-order valence-electron chi connectivity index (χ4n) is 3.42. The predicted molar refractivity (Wildman–Crippen MR) is 97.4 cm³/mol. The average Bonchev–Trinajstić information content (AvgIpc) is 2.64. The lowest BCUT2D eigenvalue weighted by Gasteiger charge is -2.31. The quantitative estimate of drug-likeness (QED) is 0.873. The minimum Gasteiger partial charge on any atom is -0.481 e. The molecule has 3 unspecified atom stereocenters. The van der Waals surface area contributed by atoms with Crippen molar-refractivity contribution in [3.05, 3.63) is 65.2 Å². The van der Waals surface area contributed by atoms with Gasteiger partial charge in [0.15, 0.2) is 6.10 Å². The Morgan fingerprint density at radius 3 is 2.72 bits per heavy atom. The maximum atomic E-state index is 12.6. The molecule has 1 aliphatic rings. The normalized spacial score (nSPS) is 20.4. The molecule has 1 amide bonds. The zero-order chi connectivity index (χ0) is 17.8. The minimum atomic E-state index is -0.597. The third-order valence-electron chi connectivity index (χ3n) is 4.87. The van der Waals surface area contributed by atoms with E-state index in [1.54, 1.807) is 19.1 Å². The Kier molecular flexibility index (Phi) is 5.39. The Morgan fingerprint density at radius 1 is 1.20 bits per heavy atom. The summed E-state index contributed by atoms with van der Waals surface area (Å²) in [5.41, 5.74) is 3.30. The van der Waals surface area contributed by atoms with Gasteiger partial charge in [0.25, 0.3) is 5.91 Å². The van der Waals surface area contributed by atoms with Crippen molar-refractivity contribution >= 4 is 5.91 Å². The smallest absolute Gasteiger partial charge is 0.261 e. The van der Waals surface area contributed by atoms with E-state index in [-0.39, 0.29) is 18.6 Å². The Bertz CT molecular complexity index is 743. The van der Waals surface area contributed by atoms with Crippen molar-refractivity contribution in [2.24, 2.45) is 0 Å². The van der Waals surface area contributed by atoms with Crippen LogP contribution < -0.4 is 10.1 Å². The van der Waals surface area contributed by atoms with Gasteiger partial charge < -0.3 is 15.2 Å². The summed E-state index contributed by atoms with van der Waals surface area (Å²) in [4.78, 5) is 12.6. The highest BCUT2D eigenvalue weighted by Crippen LogP contribution is 2.37. The van der Waals surface area contributed by atoms with E-state index >= 15 is 0 Å². The molecule has 0 saturated carbocycles. The van der Waals surface area contributed by atoms with Crippen LogP contribution >= 0.6 is 0 Å². The molecule has 4 nitrogen and oxygen atoms in total. The first kappa shape index (κ1) is 17.5. The molecule has 0 aliphatic heterocycles. The van der Waals surface area contributed by atoms with Gasteiger partial charge in [0, 0.05) is 0 Å². The molecule has 2 aromatic carbocycles. The Labute approximate surface area is 148 Å². The Balaban J connectivity index is 1.67. The summed E-state index contributed by atoms with van der Waals surface area (Å²) >= 11 is 0. The first-order chi connectivity index (χ1) is 12.1. The van der Waals surface area contributed by atoms with Gasteiger partial charge in [-0.15, -0.1) is 0 Å². The fraction of sp³-hybridized carbons (Fsp3) is 0.381. The highest BCUT2D eigenvalue weighted by Gasteiger charge is 2.27. The summed E-state index contributed by atoms with van der Waals surface area (Å²) in [6.07, 6.45) is 1.41. The molecule has 2 aromatic rings. The van der Waals surface area contributed by atoms with E-state index in [2.05, 4.69) is 30.4 Å². The molecule has 25 heavy (non-hydrogen) atoms. The highest BCUT2D eigenvalue weighted by atomic mass is 16.5. The summed E-state index contributed by atoms with van der Waals surface area (Å²) < 4.78 is 5.75. The van der Waals surface area contributed by atoms with Crippen LogP contribution in [-0.2, 0) is 11.4 Å². The monoisotopic (exact) mass is 339 g/mol. The summed E-state index contributed by atoms with van der Waals surface area (Å²) in [6, 6.07) is 15.5. The van der Waals surface area contributed by atoms with E-state index in [1.807, 2.05) is 18.2 Å². The number of rotatable bonds is 5. The SMILES string of the molecule is CC(Oc1cccc(CO)c1)C(=O)NC1CCC(C)c2ccccc21. The highest BCUT2D eigenvalue weighted by molar-refractivity contribution is 5.81. The zero-order valence-corrected chi connectivity index (χ0v) is 14.7. The van der Waals surface area contributed by atoms with Gasteiger partial charge in [-0.05, 0) is 54.5 Å². The molecule has 1 aliphatic carbocycles. The molecule has 3 atom stereocenters. The van der Waals surface area contributed by atoms with Gasteiger partial charge in [-0.3, -0.25) is 4.79 Å². The maximum Gasteiger partial charge on any atom is 0.261 e. The molecule has 0 spiro atoms. The van der Waals surface area contributed by atoms with Crippen LogP contribution in [0.4, 0.5) is 0 Å². The number of ether oxygens (including phenoxy) is 1. The van der Waals surface area contributed by atoms with Crippen LogP contribution in [0.5, 0.6) is 5.75 Å². The van der Waals surface area contributed by atoms with Crippen molar-refractivity contribution in [2.45, 2.75) is 51.4 Å². The molecule has 0 saturated heterocycles. The van der Waals surface area contributed by atoms with E-state index < -0.39 is 6.10 Å². The second-order valence-corrected chi connectivity index (χ2v) is 6.73. The number of aliphatic hydroxyl groups excluding tert-OH is 1. The number of hydrogen-bond acceptors (Lipinski definition) is 3. The van der Waals surface area contributed by atoms with E-state index in [1.165, 1.54) is 11.1 Å². The Hall–Kier alpha value is -2.33. The van der Waals surface area contributed by atoms with Crippen LogP contribution in [0.15, 0.2) is 48.5 Å². The molecule has 0 bridgehead atoms. The van der Waals surface area contributed by atoms with Crippen molar-refractivity contribution in [1.29, 1.82) is 0 Å². The number of hydrogen-bond donors (Lipinski definition) is 2. The lowest BCUT2D eigenvalue weighted by Crippen LogP contribution is -2.39. The molecule has 3 rings (SSSR count). The standard InChI is InChI=1S/C21H25NO3/c1-14-10-11-20(19-9-4-3-8-18(14)19)22-21(24)15(2)25-17-7-5-6-16(12-17)13-23/h3-9,12,14-15,20,23H,10-11,13H2,1-2H3,(H,22,24). The Morgan fingerprint density at radius 2 is 1.96 bits per heavy atom. The van der Waals surface area contributed by atoms with Gasteiger partial charge in [0.05, 0.1) is 12.6 Å². The van der Waals surface area contributed by atoms with Gasteiger partial charge in [0.2, 0.25) is 0 Å². The third-order valence-corrected chi connectivity index (χ3v) is 4.87. The average molecular weight is 339 g/mol. The van der Waals surface area contributed by atoms with Crippen LogP contribution in [0.1, 0.15) is 55.3 Å². The number of amides is 1. The molecule has 0 aromatic heterocycles. The maximum absolute atomic E-state index is 12.6. The topological polar surface area (TPSA) is 58.6 Å². The summed E-state index contributed by atoms with van der Waals surface area (Å²) in [7, 11) is 0. The van der Waals surface area contributed by atoms with Crippen LogP contribution in [0.3, 0.4) is 0 Å². The lowest BCUT2D eigenvalue weighted by atomic mass is 9.81. The first-order valence-corrected chi connectivity index (χ1v) is 8.84. The number of benzene rings is 2. The van der Waals surface area contributed by atoms with E-state index in [0.29, 0.717) is 11.7 Å². The molecule has 132 valence electrons. The van der Waals surface area contributed by atoms with Crippen molar-refractivity contribution in [1.82, 2.24) is 5.32 Å². The molecule has 4 heteroatoms. The largest absolute Gasteiger partial charge is 0.481 e. The minimum absolute atomic E-state index is 0.0368. The third kappa shape index (κ3) is 4.02. The molecular formula is C21H25NO3. The number of carbonyl (C=O) groups excluding carboxylic acids is 1. The number of carbonyl (C=O) groups is 1. The zero-order valence-electron chi connectivity index (χ0n) is 14.7. The van der Waals surface area contributed by atoms with Gasteiger partial charge in [-0.25, -0.2) is 0 Å². The second kappa shape index (κ2) is 7.70. The van der Waals surface area contributed by atoms with Crippen molar-refractivity contribution in [3.63, 3.8) is 0 Å². The number of fused-ring (bicyclic) bond motifs is 1.